The molecule has 1 atom stereocenters. The molecular weight excluding hydrogens is 193 g/mol. The van der Waals surface area contributed by atoms with Gasteiger partial charge < -0.3 is 10.5 Å². The van der Waals surface area contributed by atoms with Crippen LogP contribution >= 0.6 is 0 Å². The molecule has 1 aromatic rings. The third-order valence-electron chi connectivity index (χ3n) is 2.29. The fraction of sp³-hybridized carbons (Fsp3) is 0.500. The Morgan fingerprint density at radius 2 is 2.20 bits per heavy atom. The molecule has 1 rings (SSSR count). The first kappa shape index (κ1) is 11.8. The Morgan fingerprint density at radius 3 is 2.80 bits per heavy atom. The Hall–Kier alpha value is -1.25. The number of nitrogens with two attached hydrogens (primary N) is 1. The summed E-state index contributed by atoms with van der Waals surface area (Å²) in [7, 11) is 0. The molecule has 1 unspecified atom stereocenters. The van der Waals surface area contributed by atoms with Crippen LogP contribution in [0.15, 0.2) is 18.2 Å². The van der Waals surface area contributed by atoms with Crippen LogP contribution in [-0.2, 0) is 0 Å². The largest absolute Gasteiger partial charge is 0.488 e. The number of anilines is 1. The average molecular weight is 211 g/mol. The molecule has 2 nitrogen and oxygen atoms in total. The molecule has 1 aromatic carbocycles. The average Bonchev–Trinajstić information content (AvgIpc) is 2.17. The third-order valence-corrected chi connectivity index (χ3v) is 2.29. The maximum atomic E-state index is 13.3. The van der Waals surface area contributed by atoms with E-state index in [1.807, 2.05) is 0 Å². The summed E-state index contributed by atoms with van der Waals surface area (Å²) in [5, 5.41) is 0. The van der Waals surface area contributed by atoms with Crippen LogP contribution < -0.4 is 10.5 Å². The summed E-state index contributed by atoms with van der Waals surface area (Å²) >= 11 is 0. The summed E-state index contributed by atoms with van der Waals surface area (Å²) in [6, 6.07) is 4.58. The number of nitrogen functional groups attached to an aromatic ring is 1. The van der Waals surface area contributed by atoms with Gasteiger partial charge in [-0.1, -0.05) is 26.3 Å². The van der Waals surface area contributed by atoms with Gasteiger partial charge in [0.25, 0.3) is 0 Å². The van der Waals surface area contributed by atoms with Crippen molar-refractivity contribution in [2.75, 3.05) is 12.3 Å². The summed E-state index contributed by atoms with van der Waals surface area (Å²) in [6.07, 6.45) is 2.19. The van der Waals surface area contributed by atoms with E-state index in [1.165, 1.54) is 6.07 Å². The second-order valence-corrected chi connectivity index (χ2v) is 3.86. The monoisotopic (exact) mass is 211 g/mol. The number of para-hydroxylation sites is 1. The van der Waals surface area contributed by atoms with Crippen molar-refractivity contribution in [3.63, 3.8) is 0 Å². The van der Waals surface area contributed by atoms with Gasteiger partial charge in [0.1, 0.15) is 0 Å². The van der Waals surface area contributed by atoms with Crippen molar-refractivity contribution in [2.24, 2.45) is 5.92 Å². The number of hydrogen-bond donors (Lipinski definition) is 1. The van der Waals surface area contributed by atoms with Gasteiger partial charge in [-0.3, -0.25) is 0 Å². The summed E-state index contributed by atoms with van der Waals surface area (Å²) in [4.78, 5) is 0. The quantitative estimate of drug-likeness (QED) is 0.759. The van der Waals surface area contributed by atoms with Crippen molar-refractivity contribution in [2.45, 2.75) is 26.7 Å². The van der Waals surface area contributed by atoms with Crippen LogP contribution in [0.5, 0.6) is 5.75 Å². The zero-order valence-corrected chi connectivity index (χ0v) is 9.29. The second kappa shape index (κ2) is 5.59. The van der Waals surface area contributed by atoms with Gasteiger partial charge in [0.05, 0.1) is 12.3 Å². The van der Waals surface area contributed by atoms with Crippen molar-refractivity contribution < 1.29 is 9.13 Å². The van der Waals surface area contributed by atoms with Gasteiger partial charge in [-0.25, -0.2) is 4.39 Å². The molecule has 0 aliphatic heterocycles. The molecule has 0 aromatic heterocycles. The van der Waals surface area contributed by atoms with Crippen LogP contribution in [0, 0.1) is 11.7 Å². The van der Waals surface area contributed by atoms with Gasteiger partial charge in [-0.15, -0.1) is 0 Å². The van der Waals surface area contributed by atoms with Gasteiger partial charge in [-0.05, 0) is 24.5 Å². The lowest BCUT2D eigenvalue weighted by atomic mass is 10.1. The lowest BCUT2D eigenvalue weighted by molar-refractivity contribution is 0.243. The molecule has 0 saturated carbocycles. The molecule has 0 aliphatic carbocycles. The summed E-state index contributed by atoms with van der Waals surface area (Å²) in [5.41, 5.74) is 5.98. The Morgan fingerprint density at radius 1 is 1.47 bits per heavy atom. The number of rotatable bonds is 5. The van der Waals surface area contributed by atoms with Crippen molar-refractivity contribution in [3.8, 4) is 5.75 Å². The summed E-state index contributed by atoms with van der Waals surface area (Å²) < 4.78 is 18.7. The zero-order chi connectivity index (χ0) is 11.3. The first-order chi connectivity index (χ1) is 7.15. The highest BCUT2D eigenvalue weighted by Crippen LogP contribution is 2.25. The van der Waals surface area contributed by atoms with Gasteiger partial charge in [0.15, 0.2) is 11.6 Å². The minimum absolute atomic E-state index is 0.181. The van der Waals surface area contributed by atoms with E-state index in [0.29, 0.717) is 18.2 Å². The van der Waals surface area contributed by atoms with E-state index in [0.717, 1.165) is 12.8 Å². The third kappa shape index (κ3) is 3.42. The van der Waals surface area contributed by atoms with E-state index in [4.69, 9.17) is 10.5 Å². The van der Waals surface area contributed by atoms with Gasteiger partial charge in [-0.2, -0.15) is 0 Å². The minimum atomic E-state index is -0.390. The van der Waals surface area contributed by atoms with Crippen LogP contribution in [0.1, 0.15) is 26.7 Å². The number of ether oxygens (including phenoxy) is 1. The number of benzene rings is 1. The van der Waals surface area contributed by atoms with Gasteiger partial charge in [0.2, 0.25) is 0 Å². The number of halogens is 1. The highest BCUT2D eigenvalue weighted by atomic mass is 19.1. The molecule has 0 radical (unpaired) electrons. The molecule has 0 fully saturated rings. The van der Waals surface area contributed by atoms with Crippen molar-refractivity contribution in [3.05, 3.63) is 24.0 Å². The topological polar surface area (TPSA) is 35.2 Å². The van der Waals surface area contributed by atoms with E-state index < -0.39 is 5.82 Å². The Balaban J connectivity index is 2.57. The molecule has 0 aliphatic rings. The maximum absolute atomic E-state index is 13.3. The van der Waals surface area contributed by atoms with E-state index in [1.54, 1.807) is 12.1 Å². The minimum Gasteiger partial charge on any atom is -0.488 e. The molecule has 3 heteroatoms. The van der Waals surface area contributed by atoms with Crippen molar-refractivity contribution >= 4 is 5.69 Å². The summed E-state index contributed by atoms with van der Waals surface area (Å²) in [6.45, 7) is 4.72. The lowest BCUT2D eigenvalue weighted by Gasteiger charge is -2.13. The zero-order valence-electron chi connectivity index (χ0n) is 9.29. The SMILES string of the molecule is CCCC(C)COc1c(N)cccc1F. The van der Waals surface area contributed by atoms with E-state index in [-0.39, 0.29) is 5.75 Å². The molecule has 0 saturated heterocycles. The van der Waals surface area contributed by atoms with E-state index in [9.17, 15) is 4.39 Å². The van der Waals surface area contributed by atoms with Crippen LogP contribution in [0.25, 0.3) is 0 Å². The maximum Gasteiger partial charge on any atom is 0.177 e. The molecule has 0 amide bonds. The number of hydrogen-bond acceptors (Lipinski definition) is 2. The van der Waals surface area contributed by atoms with Crippen LogP contribution in [0.3, 0.4) is 0 Å². The Bertz CT molecular complexity index is 294. The van der Waals surface area contributed by atoms with Crippen molar-refractivity contribution in [1.29, 1.82) is 0 Å². The standard InChI is InChI=1S/C12H18FNO/c1-3-5-9(2)8-15-12-10(13)6-4-7-11(12)14/h4,6-7,9H,3,5,8,14H2,1-2H3. The van der Waals surface area contributed by atoms with E-state index >= 15 is 0 Å². The normalized spacial score (nSPS) is 12.5. The Labute approximate surface area is 90.2 Å². The molecule has 2 N–H and O–H groups in total. The lowest BCUT2D eigenvalue weighted by Crippen LogP contribution is -2.10. The highest BCUT2D eigenvalue weighted by molar-refractivity contribution is 5.52. The van der Waals surface area contributed by atoms with Crippen LogP contribution in [-0.4, -0.2) is 6.61 Å². The predicted molar refractivity (Wildman–Crippen MR) is 60.4 cm³/mol. The highest BCUT2D eigenvalue weighted by Gasteiger charge is 2.09. The molecular formula is C12H18FNO. The molecule has 0 heterocycles. The van der Waals surface area contributed by atoms with Crippen molar-refractivity contribution in [1.82, 2.24) is 0 Å². The van der Waals surface area contributed by atoms with Crippen LogP contribution in [0.2, 0.25) is 0 Å². The fourth-order valence-corrected chi connectivity index (χ4v) is 1.48. The second-order valence-electron chi connectivity index (χ2n) is 3.86. The molecule has 84 valence electrons. The van der Waals surface area contributed by atoms with Crippen LogP contribution in [0.4, 0.5) is 10.1 Å². The summed E-state index contributed by atoms with van der Waals surface area (Å²) in [5.74, 6) is 0.216. The van der Waals surface area contributed by atoms with E-state index in [2.05, 4.69) is 13.8 Å². The Kier molecular flexibility index (Phi) is 4.40. The smallest absolute Gasteiger partial charge is 0.177 e. The predicted octanol–water partition coefficient (Wildman–Crippen LogP) is 3.22. The molecule has 0 spiro atoms. The van der Waals surface area contributed by atoms with Gasteiger partial charge in [0, 0.05) is 0 Å². The first-order valence-electron chi connectivity index (χ1n) is 5.32. The molecule has 0 bridgehead atoms. The first-order valence-corrected chi connectivity index (χ1v) is 5.32. The molecule has 15 heavy (non-hydrogen) atoms. The van der Waals surface area contributed by atoms with Gasteiger partial charge >= 0.3 is 0 Å². The fourth-order valence-electron chi connectivity index (χ4n) is 1.48.